The molecule has 10 nitrogen and oxygen atoms in total. The van der Waals surface area contributed by atoms with Gasteiger partial charge in [-0.15, -0.1) is 0 Å². The monoisotopic (exact) mass is 498 g/mol. The number of hydrogen-bond donors (Lipinski definition) is 1. The third-order valence-corrected chi connectivity index (χ3v) is 8.13. The van der Waals surface area contributed by atoms with Gasteiger partial charge in [-0.3, -0.25) is 0 Å². The summed E-state index contributed by atoms with van der Waals surface area (Å²) >= 11 is 0. The van der Waals surface area contributed by atoms with Crippen LogP contribution in [-0.4, -0.2) is 73.7 Å². The maximum Gasteiger partial charge on any atom is 0.337 e. The summed E-state index contributed by atoms with van der Waals surface area (Å²) in [5.74, 6) is -0.317. The molecule has 0 atom stereocenters. The topological polar surface area (TPSA) is 128 Å². The van der Waals surface area contributed by atoms with Gasteiger partial charge in [-0.1, -0.05) is 12.1 Å². The molecule has 0 aliphatic carbocycles. The Morgan fingerprint density at radius 3 is 2.24 bits per heavy atom. The van der Waals surface area contributed by atoms with Crippen molar-refractivity contribution < 1.29 is 35.8 Å². The first kappa shape index (κ1) is 25.1. The smallest absolute Gasteiger partial charge is 0.337 e. The molecule has 0 bridgehead atoms. The van der Waals surface area contributed by atoms with E-state index in [1.54, 1.807) is 12.1 Å². The van der Waals surface area contributed by atoms with E-state index in [0.29, 0.717) is 43.2 Å². The predicted octanol–water partition coefficient (Wildman–Crippen LogP) is 0.992. The van der Waals surface area contributed by atoms with Crippen LogP contribution in [0.1, 0.15) is 15.9 Å². The van der Waals surface area contributed by atoms with Crippen LogP contribution in [-0.2, 0) is 35.3 Å². The average molecular weight is 499 g/mol. The third-order valence-electron chi connectivity index (χ3n) is 4.86. The molecule has 0 spiro atoms. The fraction of sp³-hybridized carbons (Fsp3) is 0.381. The van der Waals surface area contributed by atoms with Crippen molar-refractivity contribution >= 4 is 26.0 Å². The lowest BCUT2D eigenvalue weighted by Gasteiger charge is -2.26. The Bertz CT molecular complexity index is 1140. The molecule has 1 fully saturated rings. The number of nitrogens with zero attached hydrogens (tertiary/aromatic N) is 1. The molecule has 180 valence electrons. The number of benzene rings is 2. The quantitative estimate of drug-likeness (QED) is 0.379. The average Bonchev–Trinajstić information content (AvgIpc) is 2.82. The van der Waals surface area contributed by atoms with Crippen LogP contribution in [0.5, 0.6) is 5.75 Å². The van der Waals surface area contributed by atoms with Gasteiger partial charge < -0.3 is 14.2 Å². The molecule has 0 saturated carbocycles. The minimum Gasteiger partial charge on any atom is -0.492 e. The fourth-order valence-corrected chi connectivity index (χ4v) is 5.67. The first-order chi connectivity index (χ1) is 15.7. The highest BCUT2D eigenvalue weighted by atomic mass is 32.2. The maximum absolute atomic E-state index is 12.6. The number of nitrogens with one attached hydrogen (secondary N) is 1. The van der Waals surface area contributed by atoms with E-state index in [1.165, 1.54) is 47.8 Å². The van der Waals surface area contributed by atoms with Gasteiger partial charge in [-0.2, -0.15) is 4.31 Å². The Hall–Kier alpha value is -2.51. The molecule has 0 unspecified atom stereocenters. The summed E-state index contributed by atoms with van der Waals surface area (Å²) in [7, 11) is -5.92. The minimum atomic E-state index is -3.61. The van der Waals surface area contributed by atoms with Crippen molar-refractivity contribution in [2.45, 2.75) is 10.6 Å². The lowest BCUT2D eigenvalue weighted by atomic mass is 10.1. The minimum absolute atomic E-state index is 0.0381. The lowest BCUT2D eigenvalue weighted by Crippen LogP contribution is -2.40. The highest BCUT2D eigenvalue weighted by Crippen LogP contribution is 2.20. The van der Waals surface area contributed by atoms with Crippen LogP contribution >= 0.6 is 0 Å². The molecule has 3 rings (SSSR count). The fourth-order valence-electron chi connectivity index (χ4n) is 3.14. The van der Waals surface area contributed by atoms with Gasteiger partial charge in [0.2, 0.25) is 20.0 Å². The zero-order valence-corrected chi connectivity index (χ0v) is 19.7. The number of carbonyl (C=O) groups is 1. The SMILES string of the molecule is COC(=O)c1ccc(CS(=O)(=O)NCCOc2ccc(S(=O)(=O)N3CCOCC3)cc2)cc1. The van der Waals surface area contributed by atoms with Crippen molar-refractivity contribution in [3.8, 4) is 5.75 Å². The predicted molar refractivity (Wildman–Crippen MR) is 120 cm³/mol. The van der Waals surface area contributed by atoms with Gasteiger partial charge in [0.15, 0.2) is 0 Å². The van der Waals surface area contributed by atoms with Gasteiger partial charge >= 0.3 is 5.97 Å². The van der Waals surface area contributed by atoms with Gasteiger partial charge in [0.1, 0.15) is 12.4 Å². The van der Waals surface area contributed by atoms with Crippen LogP contribution in [0, 0.1) is 0 Å². The summed E-state index contributed by atoms with van der Waals surface area (Å²) in [6.45, 7) is 1.48. The molecule has 0 amide bonds. The van der Waals surface area contributed by atoms with Gasteiger partial charge in [0.05, 0.1) is 36.5 Å². The van der Waals surface area contributed by atoms with Crippen LogP contribution in [0.4, 0.5) is 0 Å². The Kier molecular flexibility index (Phi) is 8.43. The molecule has 0 aromatic heterocycles. The van der Waals surface area contributed by atoms with Crippen LogP contribution in [0.2, 0.25) is 0 Å². The molecule has 1 heterocycles. The first-order valence-electron chi connectivity index (χ1n) is 10.2. The molecular weight excluding hydrogens is 472 g/mol. The molecule has 1 aliphatic rings. The summed E-state index contributed by atoms with van der Waals surface area (Å²) < 4.78 is 68.9. The van der Waals surface area contributed by atoms with Crippen LogP contribution in [0.15, 0.2) is 53.4 Å². The van der Waals surface area contributed by atoms with E-state index in [2.05, 4.69) is 9.46 Å². The molecule has 1 N–H and O–H groups in total. The first-order valence-corrected chi connectivity index (χ1v) is 13.3. The molecular formula is C21H26N2O8S2. The Labute approximate surface area is 193 Å². The number of carbonyl (C=O) groups excluding carboxylic acids is 1. The highest BCUT2D eigenvalue weighted by molar-refractivity contribution is 7.89. The van der Waals surface area contributed by atoms with Gasteiger partial charge in [-0.25, -0.2) is 26.4 Å². The second-order valence-corrected chi connectivity index (χ2v) is 10.9. The number of sulfonamides is 2. The molecule has 33 heavy (non-hydrogen) atoms. The van der Waals surface area contributed by atoms with Crippen LogP contribution < -0.4 is 9.46 Å². The van der Waals surface area contributed by atoms with Crippen molar-refractivity contribution in [3.05, 3.63) is 59.7 Å². The standard InChI is InChI=1S/C21H26N2O8S2/c1-29-21(24)18-4-2-17(3-5-18)16-32(25,26)22-10-13-31-19-6-8-20(9-7-19)33(27,28)23-11-14-30-15-12-23/h2-9,22H,10-16H2,1H3. The van der Waals surface area contributed by atoms with Gasteiger partial charge in [0.25, 0.3) is 0 Å². The molecule has 12 heteroatoms. The van der Waals surface area contributed by atoms with Crippen molar-refractivity contribution in [3.63, 3.8) is 0 Å². The Morgan fingerprint density at radius 2 is 1.64 bits per heavy atom. The highest BCUT2D eigenvalue weighted by Gasteiger charge is 2.26. The van der Waals surface area contributed by atoms with Crippen LogP contribution in [0.25, 0.3) is 0 Å². The summed E-state index contributed by atoms with van der Waals surface area (Å²) in [5, 5.41) is 0. The third kappa shape index (κ3) is 6.98. The molecule has 1 aliphatic heterocycles. The van der Waals surface area contributed by atoms with Gasteiger partial charge in [-0.05, 0) is 42.0 Å². The van der Waals surface area contributed by atoms with E-state index in [1.807, 2.05) is 0 Å². The second-order valence-electron chi connectivity index (χ2n) is 7.18. The van der Waals surface area contributed by atoms with E-state index in [9.17, 15) is 21.6 Å². The second kappa shape index (κ2) is 11.1. The number of rotatable bonds is 10. The Balaban J connectivity index is 1.46. The Morgan fingerprint density at radius 1 is 1.00 bits per heavy atom. The van der Waals surface area contributed by atoms with E-state index < -0.39 is 26.0 Å². The number of ether oxygens (including phenoxy) is 3. The van der Waals surface area contributed by atoms with Crippen molar-refractivity contribution in [1.29, 1.82) is 0 Å². The molecule has 2 aromatic carbocycles. The van der Waals surface area contributed by atoms with E-state index in [0.717, 1.165) is 0 Å². The zero-order valence-electron chi connectivity index (χ0n) is 18.1. The summed E-state index contributed by atoms with van der Waals surface area (Å²) in [4.78, 5) is 11.6. The van der Waals surface area contributed by atoms with Crippen molar-refractivity contribution in [2.75, 3.05) is 46.6 Å². The van der Waals surface area contributed by atoms with Crippen molar-refractivity contribution in [2.24, 2.45) is 0 Å². The van der Waals surface area contributed by atoms with Crippen molar-refractivity contribution in [1.82, 2.24) is 9.03 Å². The number of hydrogen-bond acceptors (Lipinski definition) is 8. The number of methoxy groups -OCH3 is 1. The van der Waals surface area contributed by atoms with E-state index in [4.69, 9.17) is 9.47 Å². The zero-order chi connectivity index (χ0) is 23.9. The molecule has 0 radical (unpaired) electrons. The lowest BCUT2D eigenvalue weighted by molar-refractivity contribution is 0.0600. The molecule has 2 aromatic rings. The normalized spacial score (nSPS) is 15.2. The van der Waals surface area contributed by atoms with E-state index >= 15 is 0 Å². The van der Waals surface area contributed by atoms with Gasteiger partial charge in [0, 0.05) is 19.6 Å². The number of esters is 1. The maximum atomic E-state index is 12.6. The summed E-state index contributed by atoms with van der Waals surface area (Å²) in [6.07, 6.45) is 0. The summed E-state index contributed by atoms with van der Waals surface area (Å²) in [6, 6.07) is 12.1. The van der Waals surface area contributed by atoms with E-state index in [-0.39, 0.29) is 23.8 Å². The summed E-state index contributed by atoms with van der Waals surface area (Å²) in [5.41, 5.74) is 0.858. The molecule has 1 saturated heterocycles. The van der Waals surface area contributed by atoms with Crippen LogP contribution in [0.3, 0.4) is 0 Å². The largest absolute Gasteiger partial charge is 0.492 e. The number of morpholine rings is 1.